The number of carbonyl (C=O) groups excluding carboxylic acids is 4. The zero-order valence-corrected chi connectivity index (χ0v) is 32.8. The van der Waals surface area contributed by atoms with Crippen molar-refractivity contribution in [2.75, 3.05) is 45.6 Å². The SMILES string of the molecule is CN(C)CCC(=O)Nc1ccc2c(=O)n(CC3(O)CCN(C(=O)C(CCCNC(=O)c4ccc5c(Cl)cc(C(N)=O)nc5c4)Cc4ccccc4)CC3)cnc2c1. The van der Waals surface area contributed by atoms with E-state index in [1.165, 1.54) is 17.0 Å². The van der Waals surface area contributed by atoms with Crippen molar-refractivity contribution in [1.82, 2.24) is 29.7 Å². The van der Waals surface area contributed by atoms with Crippen molar-refractivity contribution in [3.63, 3.8) is 0 Å². The van der Waals surface area contributed by atoms with E-state index in [-0.39, 0.29) is 54.3 Å². The number of pyridine rings is 1. The molecule has 1 saturated heterocycles. The van der Waals surface area contributed by atoms with E-state index in [9.17, 15) is 29.1 Å². The van der Waals surface area contributed by atoms with Crippen LogP contribution in [0.15, 0.2) is 83.9 Å². The molecule has 15 heteroatoms. The van der Waals surface area contributed by atoms with Crippen LogP contribution < -0.4 is 21.9 Å². The van der Waals surface area contributed by atoms with E-state index in [4.69, 9.17) is 17.3 Å². The first-order chi connectivity index (χ1) is 27.3. The Morgan fingerprint density at radius 3 is 2.44 bits per heavy atom. The molecule has 0 bridgehead atoms. The number of hydrogen-bond acceptors (Lipinski definition) is 9. The molecule has 1 fully saturated rings. The van der Waals surface area contributed by atoms with Crippen molar-refractivity contribution in [1.29, 1.82) is 0 Å². The maximum atomic E-state index is 14.0. The van der Waals surface area contributed by atoms with E-state index >= 15 is 0 Å². The highest BCUT2D eigenvalue weighted by Gasteiger charge is 2.36. The van der Waals surface area contributed by atoms with Crippen molar-refractivity contribution in [3.05, 3.63) is 111 Å². The largest absolute Gasteiger partial charge is 0.388 e. The maximum Gasteiger partial charge on any atom is 0.267 e. The highest BCUT2D eigenvalue weighted by molar-refractivity contribution is 6.35. The first-order valence-electron chi connectivity index (χ1n) is 19.0. The van der Waals surface area contributed by atoms with Crippen LogP contribution in [0.1, 0.15) is 58.5 Å². The molecule has 0 aliphatic carbocycles. The van der Waals surface area contributed by atoms with Gasteiger partial charge in [0.2, 0.25) is 11.8 Å². The van der Waals surface area contributed by atoms with Crippen molar-refractivity contribution in [3.8, 4) is 0 Å². The molecule has 3 heterocycles. The Kier molecular flexibility index (Phi) is 13.0. The lowest BCUT2D eigenvalue weighted by atomic mass is 9.88. The van der Waals surface area contributed by atoms with Gasteiger partial charge < -0.3 is 31.3 Å². The average molecular weight is 795 g/mol. The van der Waals surface area contributed by atoms with Crippen molar-refractivity contribution >= 4 is 62.7 Å². The molecule has 1 aliphatic rings. The molecule has 14 nitrogen and oxygen atoms in total. The molecule has 6 rings (SSSR count). The molecule has 5 N–H and O–H groups in total. The van der Waals surface area contributed by atoms with E-state index in [0.29, 0.717) is 89.9 Å². The van der Waals surface area contributed by atoms with Gasteiger partial charge >= 0.3 is 0 Å². The first kappa shape index (κ1) is 40.9. The van der Waals surface area contributed by atoms with Crippen molar-refractivity contribution in [2.24, 2.45) is 11.7 Å². The minimum Gasteiger partial charge on any atom is -0.388 e. The first-order valence-corrected chi connectivity index (χ1v) is 19.3. The van der Waals surface area contributed by atoms with Crippen LogP contribution >= 0.6 is 11.6 Å². The van der Waals surface area contributed by atoms with E-state index in [0.717, 1.165) is 5.56 Å². The number of amides is 4. The Balaban J connectivity index is 1.05. The predicted octanol–water partition coefficient (Wildman–Crippen LogP) is 4.01. The third kappa shape index (κ3) is 10.4. The lowest BCUT2D eigenvalue weighted by molar-refractivity contribution is -0.140. The van der Waals surface area contributed by atoms with E-state index < -0.39 is 11.5 Å². The van der Waals surface area contributed by atoms with Gasteiger partial charge in [0.25, 0.3) is 17.4 Å². The highest BCUT2D eigenvalue weighted by atomic mass is 35.5. The second kappa shape index (κ2) is 18.0. The fourth-order valence-electron chi connectivity index (χ4n) is 7.09. The molecule has 2 aromatic heterocycles. The van der Waals surface area contributed by atoms with Gasteiger partial charge in [-0.15, -0.1) is 0 Å². The van der Waals surface area contributed by atoms with Gasteiger partial charge in [-0.1, -0.05) is 48.0 Å². The van der Waals surface area contributed by atoms with Crippen LogP contribution in [0.4, 0.5) is 5.69 Å². The number of halogens is 1. The monoisotopic (exact) mass is 794 g/mol. The summed E-state index contributed by atoms with van der Waals surface area (Å²) in [6.07, 6.45) is 3.89. The van der Waals surface area contributed by atoms with Crippen LogP contribution in [-0.4, -0.2) is 98.9 Å². The number of piperidine rings is 1. The summed E-state index contributed by atoms with van der Waals surface area (Å²) in [6, 6.07) is 21.0. The maximum absolute atomic E-state index is 14.0. The number of anilines is 1. The molecule has 298 valence electrons. The number of primary amides is 1. The second-order valence-electron chi connectivity index (χ2n) is 14.9. The zero-order chi connectivity index (χ0) is 40.7. The molecule has 1 atom stereocenters. The second-order valence-corrected chi connectivity index (χ2v) is 15.3. The summed E-state index contributed by atoms with van der Waals surface area (Å²) in [6.45, 7) is 1.61. The van der Waals surface area contributed by atoms with Crippen molar-refractivity contribution < 1.29 is 24.3 Å². The van der Waals surface area contributed by atoms with Gasteiger partial charge in [-0.05, 0) is 88.2 Å². The molecule has 0 saturated carbocycles. The predicted molar refractivity (Wildman–Crippen MR) is 219 cm³/mol. The van der Waals surface area contributed by atoms with Gasteiger partial charge in [0, 0.05) is 55.2 Å². The van der Waals surface area contributed by atoms with Crippen LogP contribution in [0.2, 0.25) is 5.02 Å². The molecule has 1 unspecified atom stereocenters. The number of aromatic nitrogens is 3. The lowest BCUT2D eigenvalue weighted by Gasteiger charge is -2.39. The summed E-state index contributed by atoms with van der Waals surface area (Å²) in [5.74, 6) is -1.57. The van der Waals surface area contributed by atoms with Gasteiger partial charge in [0.1, 0.15) is 5.69 Å². The number of aliphatic hydroxyl groups is 1. The van der Waals surface area contributed by atoms with Crippen molar-refractivity contribution in [2.45, 2.75) is 50.7 Å². The summed E-state index contributed by atoms with van der Waals surface area (Å²) in [4.78, 5) is 76.9. The van der Waals surface area contributed by atoms with E-state index in [1.807, 2.05) is 49.3 Å². The Labute approximate surface area is 335 Å². The normalized spacial score (nSPS) is 14.4. The molecule has 3 aromatic carbocycles. The molecule has 1 aliphatic heterocycles. The van der Waals surface area contributed by atoms with Gasteiger partial charge in [-0.2, -0.15) is 0 Å². The molecule has 57 heavy (non-hydrogen) atoms. The Bertz CT molecular complexity index is 2340. The standard InChI is InChI=1S/C42H47ClN8O6/c1-49(2)18-14-37(52)47-30-11-13-32-34(23-30)46-26-51(41(32)56)25-42(57)15-19-50(20-16-42)40(55)29(21-27-7-4-3-5-8-27)9-6-17-45-39(54)28-10-12-31-33(43)24-36(38(44)53)48-35(31)22-28/h3-5,7-8,10-13,22-24,26,29,57H,6,9,14-21,25H2,1-2H3,(H2,44,53)(H,45,54)(H,47,52). The highest BCUT2D eigenvalue weighted by Crippen LogP contribution is 2.28. The Morgan fingerprint density at radius 1 is 0.982 bits per heavy atom. The number of nitrogens with zero attached hydrogens (tertiary/aromatic N) is 5. The van der Waals surface area contributed by atoms with Gasteiger partial charge in [-0.3, -0.25) is 28.5 Å². The molecule has 0 radical (unpaired) electrons. The van der Waals surface area contributed by atoms with Gasteiger partial charge in [0.15, 0.2) is 0 Å². The molecular formula is C42H47ClN8O6. The number of fused-ring (bicyclic) bond motifs is 2. The number of likely N-dealkylation sites (tertiary alicyclic amines) is 1. The Hall–Kier alpha value is -5.70. The fraction of sp³-hybridized carbons (Fsp3) is 0.357. The van der Waals surface area contributed by atoms with Gasteiger partial charge in [0.05, 0.1) is 39.9 Å². The van der Waals surface area contributed by atoms with Crippen LogP contribution in [0.5, 0.6) is 0 Å². The van der Waals surface area contributed by atoms with Crippen LogP contribution in [-0.2, 0) is 22.6 Å². The minimum atomic E-state index is -1.22. The minimum absolute atomic E-state index is 0.00470. The van der Waals surface area contributed by atoms with Crippen LogP contribution in [0, 0.1) is 5.92 Å². The van der Waals surface area contributed by atoms with E-state index in [2.05, 4.69) is 20.6 Å². The summed E-state index contributed by atoms with van der Waals surface area (Å²) < 4.78 is 1.41. The molecule has 4 amide bonds. The quantitative estimate of drug-likeness (QED) is 0.113. The lowest BCUT2D eigenvalue weighted by Crippen LogP contribution is -2.51. The van der Waals surface area contributed by atoms with E-state index in [1.54, 1.807) is 41.3 Å². The smallest absolute Gasteiger partial charge is 0.267 e. The number of nitrogens with two attached hydrogens (primary N) is 1. The van der Waals surface area contributed by atoms with Crippen LogP contribution in [0.3, 0.4) is 0 Å². The average Bonchev–Trinajstić information content (AvgIpc) is 3.19. The number of benzene rings is 3. The fourth-order valence-corrected chi connectivity index (χ4v) is 7.35. The van der Waals surface area contributed by atoms with Gasteiger partial charge in [-0.25, -0.2) is 9.97 Å². The number of carbonyl (C=O) groups is 4. The summed E-state index contributed by atoms with van der Waals surface area (Å²) in [7, 11) is 3.79. The third-order valence-electron chi connectivity index (χ3n) is 10.3. The number of hydrogen-bond donors (Lipinski definition) is 4. The third-order valence-corrected chi connectivity index (χ3v) is 10.6. The summed E-state index contributed by atoms with van der Waals surface area (Å²) in [5, 5.41) is 18.6. The summed E-state index contributed by atoms with van der Waals surface area (Å²) in [5.41, 5.74) is 6.59. The summed E-state index contributed by atoms with van der Waals surface area (Å²) >= 11 is 6.29. The topological polar surface area (TPSA) is 193 Å². The Morgan fingerprint density at radius 2 is 1.72 bits per heavy atom. The number of nitrogens with one attached hydrogen (secondary N) is 2. The zero-order valence-electron chi connectivity index (χ0n) is 32.0. The number of rotatable bonds is 15. The van der Waals surface area contributed by atoms with Crippen LogP contribution in [0.25, 0.3) is 21.8 Å². The molecular weight excluding hydrogens is 748 g/mol. The molecule has 5 aromatic rings. The molecule has 0 spiro atoms.